The molecule has 0 aromatic carbocycles. The van der Waals surface area contributed by atoms with E-state index in [1.165, 1.54) is 0 Å². The lowest BCUT2D eigenvalue weighted by Gasteiger charge is -2.32. The Morgan fingerprint density at radius 2 is 2.25 bits per heavy atom. The third-order valence-corrected chi connectivity index (χ3v) is 3.87. The highest BCUT2D eigenvalue weighted by molar-refractivity contribution is 4.85. The molecular formula is C12H26N2O2. The second-order valence-electron chi connectivity index (χ2n) is 5.13. The van der Waals surface area contributed by atoms with Crippen molar-refractivity contribution < 1.29 is 9.84 Å². The third kappa shape index (κ3) is 3.42. The first-order valence-corrected chi connectivity index (χ1v) is 6.14. The molecule has 1 fully saturated rings. The van der Waals surface area contributed by atoms with Gasteiger partial charge in [0.2, 0.25) is 0 Å². The van der Waals surface area contributed by atoms with Crippen molar-refractivity contribution in [3.63, 3.8) is 0 Å². The van der Waals surface area contributed by atoms with Crippen molar-refractivity contribution in [3.8, 4) is 0 Å². The predicted octanol–water partition coefficient (Wildman–Crippen LogP) is 0.456. The van der Waals surface area contributed by atoms with Gasteiger partial charge in [-0.1, -0.05) is 0 Å². The number of aliphatic hydroxyl groups is 1. The van der Waals surface area contributed by atoms with E-state index >= 15 is 0 Å². The Morgan fingerprint density at radius 1 is 1.56 bits per heavy atom. The zero-order chi connectivity index (χ0) is 12.2. The number of ether oxygens (including phenoxy) is 1. The van der Waals surface area contributed by atoms with Gasteiger partial charge in [-0.05, 0) is 40.8 Å². The highest BCUT2D eigenvalue weighted by Crippen LogP contribution is 2.19. The lowest BCUT2D eigenvalue weighted by molar-refractivity contribution is 0.0770. The van der Waals surface area contributed by atoms with Crippen LogP contribution in [-0.4, -0.2) is 61.5 Å². The summed E-state index contributed by atoms with van der Waals surface area (Å²) in [5.41, 5.74) is -0.170. The summed E-state index contributed by atoms with van der Waals surface area (Å²) in [4.78, 5) is 2.35. The van der Waals surface area contributed by atoms with Crippen LogP contribution in [0.4, 0.5) is 0 Å². The molecule has 0 spiro atoms. The van der Waals surface area contributed by atoms with Crippen molar-refractivity contribution in [1.29, 1.82) is 0 Å². The van der Waals surface area contributed by atoms with Crippen molar-refractivity contribution in [3.05, 3.63) is 0 Å². The molecule has 96 valence electrons. The molecule has 4 heteroatoms. The minimum atomic E-state index is -0.170. The maximum Gasteiger partial charge on any atom is 0.0702 e. The zero-order valence-corrected chi connectivity index (χ0v) is 11.0. The Kier molecular flexibility index (Phi) is 5.18. The monoisotopic (exact) mass is 230 g/mol. The van der Waals surface area contributed by atoms with Gasteiger partial charge in [-0.15, -0.1) is 0 Å². The van der Waals surface area contributed by atoms with Crippen LogP contribution in [0.2, 0.25) is 0 Å². The number of likely N-dealkylation sites (N-methyl/N-ethyl adjacent to an activating group) is 2. The fraction of sp³-hybridized carbons (Fsp3) is 1.00. The second kappa shape index (κ2) is 5.96. The van der Waals surface area contributed by atoms with Crippen molar-refractivity contribution >= 4 is 0 Å². The summed E-state index contributed by atoms with van der Waals surface area (Å²) in [6.45, 7) is 6.22. The van der Waals surface area contributed by atoms with E-state index in [0.717, 1.165) is 26.0 Å². The first kappa shape index (κ1) is 13.9. The largest absolute Gasteiger partial charge is 0.394 e. The van der Waals surface area contributed by atoms with Crippen LogP contribution < -0.4 is 5.32 Å². The predicted molar refractivity (Wildman–Crippen MR) is 65.6 cm³/mol. The molecule has 2 N–H and O–H groups in total. The Labute approximate surface area is 99.0 Å². The normalized spacial score (nSPS) is 29.6. The summed E-state index contributed by atoms with van der Waals surface area (Å²) >= 11 is 0. The molecule has 1 aliphatic rings. The molecule has 3 atom stereocenters. The van der Waals surface area contributed by atoms with E-state index in [0.29, 0.717) is 12.1 Å². The number of rotatable bonds is 6. The Balaban J connectivity index is 2.36. The van der Waals surface area contributed by atoms with E-state index in [1.54, 1.807) is 0 Å². The first-order chi connectivity index (χ1) is 7.52. The number of aliphatic hydroxyl groups excluding tert-OH is 1. The van der Waals surface area contributed by atoms with Crippen molar-refractivity contribution in [2.24, 2.45) is 0 Å². The van der Waals surface area contributed by atoms with Crippen LogP contribution in [0, 0.1) is 0 Å². The highest BCUT2D eigenvalue weighted by Gasteiger charge is 2.29. The van der Waals surface area contributed by atoms with Gasteiger partial charge in [-0.3, -0.25) is 0 Å². The van der Waals surface area contributed by atoms with Crippen LogP contribution >= 0.6 is 0 Å². The zero-order valence-electron chi connectivity index (χ0n) is 11.0. The molecule has 1 saturated heterocycles. The molecule has 4 nitrogen and oxygen atoms in total. The third-order valence-electron chi connectivity index (χ3n) is 3.87. The van der Waals surface area contributed by atoms with Gasteiger partial charge in [0.15, 0.2) is 0 Å². The van der Waals surface area contributed by atoms with Gasteiger partial charge < -0.3 is 20.1 Å². The summed E-state index contributed by atoms with van der Waals surface area (Å²) in [7, 11) is 4.04. The number of hydrogen-bond acceptors (Lipinski definition) is 4. The van der Waals surface area contributed by atoms with Gasteiger partial charge in [0, 0.05) is 24.7 Å². The lowest BCUT2D eigenvalue weighted by Crippen LogP contribution is -2.47. The van der Waals surface area contributed by atoms with E-state index < -0.39 is 0 Å². The molecule has 0 aromatic rings. The number of nitrogens with one attached hydrogen (secondary N) is 1. The quantitative estimate of drug-likeness (QED) is 0.696. The Hall–Kier alpha value is -0.160. The minimum Gasteiger partial charge on any atom is -0.394 e. The molecule has 1 rings (SSSR count). The SMILES string of the molecule is CNC(C)(CO)CCN(C)C1CCOC1C. The van der Waals surface area contributed by atoms with Crippen molar-refractivity contribution in [1.82, 2.24) is 10.2 Å². The van der Waals surface area contributed by atoms with E-state index in [-0.39, 0.29) is 12.1 Å². The van der Waals surface area contributed by atoms with Crippen molar-refractivity contribution in [2.75, 3.05) is 33.9 Å². The molecular weight excluding hydrogens is 204 g/mol. The summed E-state index contributed by atoms with van der Waals surface area (Å²) in [6.07, 6.45) is 2.40. The smallest absolute Gasteiger partial charge is 0.0702 e. The molecule has 16 heavy (non-hydrogen) atoms. The fourth-order valence-corrected chi connectivity index (χ4v) is 2.17. The molecule has 0 saturated carbocycles. The molecule has 1 heterocycles. The summed E-state index contributed by atoms with van der Waals surface area (Å²) in [5.74, 6) is 0. The van der Waals surface area contributed by atoms with E-state index in [9.17, 15) is 5.11 Å². The lowest BCUT2D eigenvalue weighted by atomic mass is 9.98. The fourth-order valence-electron chi connectivity index (χ4n) is 2.17. The van der Waals surface area contributed by atoms with Gasteiger partial charge in [0.1, 0.15) is 0 Å². The summed E-state index contributed by atoms with van der Waals surface area (Å²) < 4.78 is 5.56. The van der Waals surface area contributed by atoms with Crippen LogP contribution in [-0.2, 0) is 4.74 Å². The van der Waals surface area contributed by atoms with Crippen LogP contribution in [0.1, 0.15) is 26.7 Å². The Bertz CT molecular complexity index is 207. The average molecular weight is 230 g/mol. The van der Waals surface area contributed by atoms with Gasteiger partial charge in [-0.2, -0.15) is 0 Å². The highest BCUT2D eigenvalue weighted by atomic mass is 16.5. The van der Waals surface area contributed by atoms with Crippen LogP contribution in [0.5, 0.6) is 0 Å². The van der Waals surface area contributed by atoms with E-state index in [2.05, 4.69) is 31.1 Å². The maximum atomic E-state index is 9.31. The van der Waals surface area contributed by atoms with Crippen molar-refractivity contribution in [2.45, 2.75) is 44.4 Å². The van der Waals surface area contributed by atoms with Crippen LogP contribution in [0.25, 0.3) is 0 Å². The topological polar surface area (TPSA) is 44.7 Å². The first-order valence-electron chi connectivity index (χ1n) is 6.14. The van der Waals surface area contributed by atoms with Gasteiger partial charge in [-0.25, -0.2) is 0 Å². The molecule has 0 radical (unpaired) electrons. The molecule has 0 aromatic heterocycles. The van der Waals surface area contributed by atoms with E-state index in [4.69, 9.17) is 4.74 Å². The van der Waals surface area contributed by atoms with Gasteiger partial charge in [0.05, 0.1) is 12.7 Å². The average Bonchev–Trinajstić information content (AvgIpc) is 2.72. The maximum absolute atomic E-state index is 9.31. The molecule has 0 bridgehead atoms. The van der Waals surface area contributed by atoms with Crippen LogP contribution in [0.3, 0.4) is 0 Å². The Morgan fingerprint density at radius 3 is 2.69 bits per heavy atom. The molecule has 3 unspecified atom stereocenters. The van der Waals surface area contributed by atoms with Gasteiger partial charge in [0.25, 0.3) is 0 Å². The minimum absolute atomic E-state index is 0.170. The standard InChI is InChI=1S/C12H26N2O2/c1-10-11(5-8-16-10)14(4)7-6-12(2,9-15)13-3/h10-11,13,15H,5-9H2,1-4H3. The second-order valence-corrected chi connectivity index (χ2v) is 5.13. The number of hydrogen-bond donors (Lipinski definition) is 2. The van der Waals surface area contributed by atoms with Crippen LogP contribution in [0.15, 0.2) is 0 Å². The summed E-state index contributed by atoms with van der Waals surface area (Å²) in [5, 5.41) is 12.5. The molecule has 0 amide bonds. The van der Waals surface area contributed by atoms with Gasteiger partial charge >= 0.3 is 0 Å². The number of nitrogens with zero attached hydrogens (tertiary/aromatic N) is 1. The summed E-state index contributed by atoms with van der Waals surface area (Å²) in [6, 6.07) is 0.528. The molecule has 0 aliphatic carbocycles. The van der Waals surface area contributed by atoms with E-state index in [1.807, 2.05) is 7.05 Å². The molecule has 1 aliphatic heterocycles.